The summed E-state index contributed by atoms with van der Waals surface area (Å²) >= 11 is 6.11. The van der Waals surface area contributed by atoms with E-state index in [2.05, 4.69) is 5.32 Å². The molecule has 3 heteroatoms. The average Bonchev–Trinajstić information content (AvgIpc) is 2.75. The Balaban J connectivity index is 1.93. The molecule has 0 atom stereocenters. The van der Waals surface area contributed by atoms with E-state index in [0.717, 1.165) is 24.0 Å². The SMILES string of the molecule is Cc1ccc(CC(=O)NC2CCCC2)c(Cl)c1. The van der Waals surface area contributed by atoms with Crippen molar-refractivity contribution >= 4 is 17.5 Å². The molecule has 92 valence electrons. The number of benzene rings is 1. The molecule has 0 unspecified atom stereocenters. The van der Waals surface area contributed by atoms with Crippen molar-refractivity contribution in [2.75, 3.05) is 0 Å². The third kappa shape index (κ3) is 3.47. The Labute approximate surface area is 107 Å². The standard InChI is InChI=1S/C14H18ClNO/c1-10-6-7-11(13(15)8-10)9-14(17)16-12-4-2-3-5-12/h6-8,12H,2-5,9H2,1H3,(H,16,17). The van der Waals surface area contributed by atoms with E-state index in [1.165, 1.54) is 12.8 Å². The van der Waals surface area contributed by atoms with Gasteiger partial charge in [-0.2, -0.15) is 0 Å². The summed E-state index contributed by atoms with van der Waals surface area (Å²) in [5.41, 5.74) is 2.03. The fourth-order valence-electron chi connectivity index (χ4n) is 2.32. The Bertz CT molecular complexity index is 411. The van der Waals surface area contributed by atoms with E-state index in [-0.39, 0.29) is 5.91 Å². The van der Waals surface area contributed by atoms with Gasteiger partial charge in [0.2, 0.25) is 5.91 Å². The van der Waals surface area contributed by atoms with Gasteiger partial charge in [0, 0.05) is 11.1 Å². The summed E-state index contributed by atoms with van der Waals surface area (Å²) < 4.78 is 0. The number of rotatable bonds is 3. The number of hydrogen-bond donors (Lipinski definition) is 1. The van der Waals surface area contributed by atoms with Crippen LogP contribution >= 0.6 is 11.6 Å². The van der Waals surface area contributed by atoms with Crippen molar-refractivity contribution in [1.82, 2.24) is 5.32 Å². The van der Waals surface area contributed by atoms with E-state index in [0.29, 0.717) is 17.5 Å². The van der Waals surface area contributed by atoms with Gasteiger partial charge >= 0.3 is 0 Å². The summed E-state index contributed by atoms with van der Waals surface area (Å²) in [6.07, 6.45) is 5.09. The molecule has 1 N–H and O–H groups in total. The van der Waals surface area contributed by atoms with Crippen LogP contribution in [0.4, 0.5) is 0 Å². The van der Waals surface area contributed by atoms with E-state index >= 15 is 0 Å². The van der Waals surface area contributed by atoms with Gasteiger partial charge < -0.3 is 5.32 Å². The van der Waals surface area contributed by atoms with Gasteiger partial charge in [-0.15, -0.1) is 0 Å². The molecule has 0 saturated heterocycles. The molecule has 1 aromatic rings. The quantitative estimate of drug-likeness (QED) is 0.878. The van der Waals surface area contributed by atoms with E-state index in [1.807, 2.05) is 25.1 Å². The number of hydrogen-bond acceptors (Lipinski definition) is 1. The van der Waals surface area contributed by atoms with Crippen LogP contribution in [-0.4, -0.2) is 11.9 Å². The second kappa shape index (κ2) is 5.54. The smallest absolute Gasteiger partial charge is 0.224 e. The normalized spacial score (nSPS) is 16.1. The molecule has 0 spiro atoms. The highest BCUT2D eigenvalue weighted by molar-refractivity contribution is 6.31. The fraction of sp³-hybridized carbons (Fsp3) is 0.500. The van der Waals surface area contributed by atoms with Gasteiger partial charge in [0.05, 0.1) is 6.42 Å². The zero-order chi connectivity index (χ0) is 12.3. The highest BCUT2D eigenvalue weighted by Crippen LogP contribution is 2.20. The maximum Gasteiger partial charge on any atom is 0.224 e. The third-order valence-electron chi connectivity index (χ3n) is 3.28. The molecule has 1 aromatic carbocycles. The number of carbonyl (C=O) groups is 1. The second-order valence-corrected chi connectivity index (χ2v) is 5.23. The molecular formula is C14H18ClNO. The molecule has 1 aliphatic carbocycles. The second-order valence-electron chi connectivity index (χ2n) is 4.82. The lowest BCUT2D eigenvalue weighted by Gasteiger charge is -2.12. The van der Waals surface area contributed by atoms with Crippen molar-refractivity contribution < 1.29 is 4.79 Å². The van der Waals surface area contributed by atoms with Gasteiger partial charge in [0.1, 0.15) is 0 Å². The topological polar surface area (TPSA) is 29.1 Å². The van der Waals surface area contributed by atoms with Crippen LogP contribution in [0.1, 0.15) is 36.8 Å². The molecule has 1 amide bonds. The molecule has 2 rings (SSSR count). The lowest BCUT2D eigenvalue weighted by molar-refractivity contribution is -0.121. The zero-order valence-corrected chi connectivity index (χ0v) is 10.9. The Morgan fingerprint density at radius 3 is 2.76 bits per heavy atom. The maximum absolute atomic E-state index is 11.8. The Hall–Kier alpha value is -1.02. The number of aryl methyl sites for hydroxylation is 1. The van der Waals surface area contributed by atoms with Gasteiger partial charge in [-0.05, 0) is 37.0 Å². The molecule has 0 aliphatic heterocycles. The molecule has 1 fully saturated rings. The molecule has 0 aromatic heterocycles. The fourth-order valence-corrected chi connectivity index (χ4v) is 2.62. The minimum absolute atomic E-state index is 0.0858. The van der Waals surface area contributed by atoms with Crippen LogP contribution in [0.3, 0.4) is 0 Å². The van der Waals surface area contributed by atoms with Gasteiger partial charge in [0.15, 0.2) is 0 Å². The molecule has 1 saturated carbocycles. The van der Waals surface area contributed by atoms with E-state index in [1.54, 1.807) is 0 Å². The lowest BCUT2D eigenvalue weighted by Crippen LogP contribution is -2.33. The number of nitrogens with one attached hydrogen (secondary N) is 1. The van der Waals surface area contributed by atoms with Crippen molar-refractivity contribution in [2.45, 2.75) is 45.1 Å². The van der Waals surface area contributed by atoms with Crippen LogP contribution in [0.15, 0.2) is 18.2 Å². The summed E-state index contributed by atoms with van der Waals surface area (Å²) in [7, 11) is 0. The van der Waals surface area contributed by atoms with Gasteiger partial charge in [-0.1, -0.05) is 36.6 Å². The molecule has 1 aliphatic rings. The van der Waals surface area contributed by atoms with Crippen LogP contribution in [0.25, 0.3) is 0 Å². The summed E-state index contributed by atoms with van der Waals surface area (Å²) in [4.78, 5) is 11.8. The molecule has 17 heavy (non-hydrogen) atoms. The highest BCUT2D eigenvalue weighted by Gasteiger charge is 2.17. The van der Waals surface area contributed by atoms with Gasteiger partial charge in [-0.3, -0.25) is 4.79 Å². The lowest BCUT2D eigenvalue weighted by atomic mass is 10.1. The monoisotopic (exact) mass is 251 g/mol. The summed E-state index contributed by atoms with van der Waals surface area (Å²) in [6, 6.07) is 6.21. The predicted molar refractivity (Wildman–Crippen MR) is 70.3 cm³/mol. The minimum atomic E-state index is 0.0858. The molecule has 0 radical (unpaired) electrons. The summed E-state index contributed by atoms with van der Waals surface area (Å²) in [5, 5.41) is 3.76. The van der Waals surface area contributed by atoms with Crippen LogP contribution in [-0.2, 0) is 11.2 Å². The number of halogens is 1. The molecule has 0 bridgehead atoms. The van der Waals surface area contributed by atoms with Crippen LogP contribution in [0.5, 0.6) is 0 Å². The average molecular weight is 252 g/mol. The van der Waals surface area contributed by atoms with Crippen molar-refractivity contribution in [3.8, 4) is 0 Å². The van der Waals surface area contributed by atoms with Crippen molar-refractivity contribution in [3.63, 3.8) is 0 Å². The molecule has 2 nitrogen and oxygen atoms in total. The van der Waals surface area contributed by atoms with Gasteiger partial charge in [-0.25, -0.2) is 0 Å². The van der Waals surface area contributed by atoms with Crippen molar-refractivity contribution in [1.29, 1.82) is 0 Å². The predicted octanol–water partition coefficient (Wildman–Crippen LogP) is 3.25. The molecular weight excluding hydrogens is 234 g/mol. The summed E-state index contributed by atoms with van der Waals surface area (Å²) in [6.45, 7) is 1.99. The largest absolute Gasteiger partial charge is 0.353 e. The van der Waals surface area contributed by atoms with Crippen molar-refractivity contribution in [2.24, 2.45) is 0 Å². The Morgan fingerprint density at radius 2 is 2.12 bits per heavy atom. The van der Waals surface area contributed by atoms with Crippen LogP contribution in [0, 0.1) is 6.92 Å². The van der Waals surface area contributed by atoms with Gasteiger partial charge in [0.25, 0.3) is 0 Å². The third-order valence-corrected chi connectivity index (χ3v) is 3.63. The Morgan fingerprint density at radius 1 is 1.41 bits per heavy atom. The van der Waals surface area contributed by atoms with Crippen LogP contribution in [0.2, 0.25) is 5.02 Å². The first-order chi connectivity index (χ1) is 8.15. The first kappa shape index (κ1) is 12.4. The molecule has 0 heterocycles. The number of carbonyl (C=O) groups excluding carboxylic acids is 1. The summed E-state index contributed by atoms with van der Waals surface area (Å²) in [5.74, 6) is 0.0858. The van der Waals surface area contributed by atoms with Crippen molar-refractivity contribution in [3.05, 3.63) is 34.3 Å². The maximum atomic E-state index is 11.8. The Kier molecular flexibility index (Phi) is 4.06. The first-order valence-electron chi connectivity index (χ1n) is 6.19. The highest BCUT2D eigenvalue weighted by atomic mass is 35.5. The van der Waals surface area contributed by atoms with E-state index < -0.39 is 0 Å². The van der Waals surface area contributed by atoms with Crippen LogP contribution < -0.4 is 5.32 Å². The van der Waals surface area contributed by atoms with E-state index in [4.69, 9.17) is 11.6 Å². The number of amides is 1. The van der Waals surface area contributed by atoms with E-state index in [9.17, 15) is 4.79 Å². The zero-order valence-electron chi connectivity index (χ0n) is 10.1. The first-order valence-corrected chi connectivity index (χ1v) is 6.57. The minimum Gasteiger partial charge on any atom is -0.353 e.